The lowest BCUT2D eigenvalue weighted by molar-refractivity contribution is -0.138. The molecular weight excluding hydrogens is 399 g/mol. The number of aromatic hydroxyl groups is 2. The molecule has 0 saturated heterocycles. The summed E-state index contributed by atoms with van der Waals surface area (Å²) in [5.41, 5.74) is -1.32. The van der Waals surface area contributed by atoms with Crippen LogP contribution in [0.25, 0.3) is 12.2 Å². The van der Waals surface area contributed by atoms with Gasteiger partial charge in [-0.2, -0.15) is 13.2 Å². The van der Waals surface area contributed by atoms with Crippen molar-refractivity contribution in [1.29, 1.82) is 0 Å². The predicted molar refractivity (Wildman–Crippen MR) is 98.8 cm³/mol. The number of benzene rings is 2. The van der Waals surface area contributed by atoms with E-state index in [-0.39, 0.29) is 28.3 Å². The van der Waals surface area contributed by atoms with Crippen LogP contribution in [-0.2, 0) is 16.2 Å². The monoisotopic (exact) mass is 415 g/mol. The lowest BCUT2D eigenvalue weighted by atomic mass is 10.0. The molecule has 2 rings (SSSR count). The topological polar surface area (TPSA) is 95.9 Å². The molecule has 0 aliphatic rings. The molecule has 0 aromatic heterocycles. The van der Waals surface area contributed by atoms with Crippen LogP contribution in [0.3, 0.4) is 0 Å². The Morgan fingerprint density at radius 2 is 1.71 bits per heavy atom. The third kappa shape index (κ3) is 3.91. The third-order valence-electron chi connectivity index (χ3n) is 3.80. The second-order valence-electron chi connectivity index (χ2n) is 5.49. The van der Waals surface area contributed by atoms with Crippen molar-refractivity contribution in [2.45, 2.75) is 11.1 Å². The highest BCUT2D eigenvalue weighted by Crippen LogP contribution is 2.40. The van der Waals surface area contributed by atoms with Crippen molar-refractivity contribution in [2.75, 3.05) is 11.8 Å². The van der Waals surface area contributed by atoms with E-state index in [4.69, 9.17) is 4.74 Å². The van der Waals surface area contributed by atoms with Gasteiger partial charge >= 0.3 is 6.18 Å². The number of halogens is 3. The number of ether oxygens (including phenoxy) is 1. The standard InChI is InChI=1S/C18H16F3NO5S/c1-4-11-12(5-2)17(24)16(27-3)9-14(11)22-28(25,26)10-6-7-15(23)13(8-10)18(19,20)21/h4-9,22-24H,1-2H2,3H3. The third-order valence-corrected chi connectivity index (χ3v) is 5.16. The van der Waals surface area contributed by atoms with E-state index in [0.29, 0.717) is 12.1 Å². The van der Waals surface area contributed by atoms with Crippen molar-refractivity contribution < 1.29 is 36.5 Å². The van der Waals surface area contributed by atoms with E-state index in [0.717, 1.165) is 12.1 Å². The van der Waals surface area contributed by atoms with Gasteiger partial charge in [0.2, 0.25) is 0 Å². The maximum atomic E-state index is 13.0. The van der Waals surface area contributed by atoms with Gasteiger partial charge in [0.15, 0.2) is 11.5 Å². The molecular formula is C18H16F3NO5S. The summed E-state index contributed by atoms with van der Waals surface area (Å²) in [6, 6.07) is 2.93. The molecule has 0 saturated carbocycles. The fourth-order valence-corrected chi connectivity index (χ4v) is 3.56. The van der Waals surface area contributed by atoms with Gasteiger partial charge in [0.05, 0.1) is 23.3 Å². The minimum absolute atomic E-state index is 0.0834. The van der Waals surface area contributed by atoms with E-state index >= 15 is 0 Å². The molecule has 0 aliphatic carbocycles. The zero-order chi connectivity index (χ0) is 21.3. The molecule has 150 valence electrons. The zero-order valence-electron chi connectivity index (χ0n) is 14.5. The Labute approximate surface area is 159 Å². The molecule has 0 aliphatic heterocycles. The van der Waals surface area contributed by atoms with E-state index in [1.54, 1.807) is 0 Å². The van der Waals surface area contributed by atoms with Gasteiger partial charge in [-0.15, -0.1) is 0 Å². The number of anilines is 1. The summed E-state index contributed by atoms with van der Waals surface area (Å²) in [6.07, 6.45) is -2.46. The number of methoxy groups -OCH3 is 1. The van der Waals surface area contributed by atoms with Crippen LogP contribution in [0.2, 0.25) is 0 Å². The van der Waals surface area contributed by atoms with Crippen LogP contribution >= 0.6 is 0 Å². The zero-order valence-corrected chi connectivity index (χ0v) is 15.4. The summed E-state index contributed by atoms with van der Waals surface area (Å²) in [7, 11) is -3.25. The lowest BCUT2D eigenvalue weighted by Gasteiger charge is -2.17. The molecule has 0 heterocycles. The summed E-state index contributed by atoms with van der Waals surface area (Å²) < 4.78 is 71.2. The van der Waals surface area contributed by atoms with E-state index in [1.807, 2.05) is 0 Å². The number of hydrogen-bond acceptors (Lipinski definition) is 5. The average Bonchev–Trinajstić information content (AvgIpc) is 2.61. The molecule has 2 aromatic carbocycles. The Bertz CT molecular complexity index is 1050. The summed E-state index contributed by atoms with van der Waals surface area (Å²) in [6.45, 7) is 7.07. The van der Waals surface area contributed by atoms with Gasteiger partial charge in [0.25, 0.3) is 10.0 Å². The molecule has 6 nitrogen and oxygen atoms in total. The summed E-state index contributed by atoms with van der Waals surface area (Å²) in [5, 5.41) is 19.5. The minimum Gasteiger partial charge on any atom is -0.507 e. The van der Waals surface area contributed by atoms with Gasteiger partial charge in [0, 0.05) is 17.2 Å². The molecule has 0 unspecified atom stereocenters. The van der Waals surface area contributed by atoms with Crippen LogP contribution in [0.5, 0.6) is 17.2 Å². The van der Waals surface area contributed by atoms with Gasteiger partial charge in [-0.25, -0.2) is 8.42 Å². The van der Waals surface area contributed by atoms with E-state index < -0.39 is 32.4 Å². The number of rotatable bonds is 6. The van der Waals surface area contributed by atoms with Crippen molar-refractivity contribution in [1.82, 2.24) is 0 Å². The molecule has 28 heavy (non-hydrogen) atoms. The number of phenolic OH excluding ortho intramolecular Hbond substituents is 2. The molecule has 0 bridgehead atoms. The van der Waals surface area contributed by atoms with Crippen molar-refractivity contribution in [2.24, 2.45) is 0 Å². The lowest BCUT2D eigenvalue weighted by Crippen LogP contribution is -2.16. The largest absolute Gasteiger partial charge is 0.507 e. The van der Waals surface area contributed by atoms with Crippen LogP contribution < -0.4 is 9.46 Å². The normalized spacial score (nSPS) is 11.7. The summed E-state index contributed by atoms with van der Waals surface area (Å²) >= 11 is 0. The van der Waals surface area contributed by atoms with Crippen LogP contribution in [0.15, 0.2) is 42.3 Å². The predicted octanol–water partition coefficient (Wildman–Crippen LogP) is 4.21. The second kappa shape index (κ2) is 7.47. The van der Waals surface area contributed by atoms with Crippen LogP contribution in [0, 0.1) is 0 Å². The molecule has 0 spiro atoms. The van der Waals surface area contributed by atoms with Crippen molar-refractivity contribution >= 4 is 27.9 Å². The Balaban J connectivity index is 2.62. The number of alkyl halides is 3. The molecule has 0 amide bonds. The molecule has 3 N–H and O–H groups in total. The van der Waals surface area contributed by atoms with Gasteiger partial charge in [-0.3, -0.25) is 4.72 Å². The summed E-state index contributed by atoms with van der Waals surface area (Å²) in [5.74, 6) is -1.49. The van der Waals surface area contributed by atoms with Gasteiger partial charge in [-0.1, -0.05) is 25.3 Å². The quantitative estimate of drug-likeness (QED) is 0.614. The Morgan fingerprint density at radius 3 is 2.21 bits per heavy atom. The highest BCUT2D eigenvalue weighted by molar-refractivity contribution is 7.92. The van der Waals surface area contributed by atoms with Gasteiger partial charge < -0.3 is 14.9 Å². The van der Waals surface area contributed by atoms with Crippen molar-refractivity contribution in [3.8, 4) is 17.2 Å². The maximum Gasteiger partial charge on any atom is 0.419 e. The Hall–Kier alpha value is -3.14. The second-order valence-corrected chi connectivity index (χ2v) is 7.18. The van der Waals surface area contributed by atoms with Crippen LogP contribution in [0.4, 0.5) is 18.9 Å². The number of sulfonamides is 1. The van der Waals surface area contributed by atoms with E-state index in [1.165, 1.54) is 19.3 Å². The molecule has 0 fully saturated rings. The fraction of sp³-hybridized carbons (Fsp3) is 0.111. The van der Waals surface area contributed by atoms with Gasteiger partial charge in [-0.05, 0) is 18.2 Å². The molecule has 10 heteroatoms. The van der Waals surface area contributed by atoms with Crippen LogP contribution in [0.1, 0.15) is 16.7 Å². The Kier molecular flexibility index (Phi) is 5.64. The van der Waals surface area contributed by atoms with Crippen molar-refractivity contribution in [3.63, 3.8) is 0 Å². The van der Waals surface area contributed by atoms with E-state index in [9.17, 15) is 31.8 Å². The first kappa shape index (κ1) is 21.2. The first-order valence-electron chi connectivity index (χ1n) is 7.58. The SMILES string of the molecule is C=Cc1c(NS(=O)(=O)c2ccc(O)c(C(F)(F)F)c2)cc(OC)c(O)c1C=C. The highest BCUT2D eigenvalue weighted by Gasteiger charge is 2.35. The maximum absolute atomic E-state index is 13.0. The van der Waals surface area contributed by atoms with Crippen molar-refractivity contribution in [3.05, 3.63) is 54.1 Å². The first-order chi connectivity index (χ1) is 13.0. The number of nitrogens with one attached hydrogen (secondary N) is 1. The fourth-order valence-electron chi connectivity index (χ4n) is 2.46. The Morgan fingerprint density at radius 1 is 1.11 bits per heavy atom. The number of phenols is 2. The summed E-state index contributed by atoms with van der Waals surface area (Å²) in [4.78, 5) is -0.722. The number of hydrogen-bond donors (Lipinski definition) is 3. The first-order valence-corrected chi connectivity index (χ1v) is 9.06. The molecule has 0 radical (unpaired) electrons. The van der Waals surface area contributed by atoms with Gasteiger partial charge in [0.1, 0.15) is 5.75 Å². The highest BCUT2D eigenvalue weighted by atomic mass is 32.2. The average molecular weight is 415 g/mol. The van der Waals surface area contributed by atoms with Crippen LogP contribution in [-0.4, -0.2) is 25.7 Å². The smallest absolute Gasteiger partial charge is 0.419 e. The molecule has 0 atom stereocenters. The molecule has 2 aromatic rings. The minimum atomic E-state index is -4.94. The van der Waals surface area contributed by atoms with E-state index in [2.05, 4.69) is 17.9 Å².